The molecule has 0 aromatic rings. The van der Waals surface area contributed by atoms with Gasteiger partial charge >= 0.3 is 5.97 Å². The van der Waals surface area contributed by atoms with E-state index in [1.165, 1.54) is 38.5 Å². The number of carbonyl (C=O) groups is 1. The highest BCUT2D eigenvalue weighted by Crippen LogP contribution is 2.31. The molecule has 2 nitrogen and oxygen atoms in total. The van der Waals surface area contributed by atoms with Crippen molar-refractivity contribution in [3.63, 3.8) is 0 Å². The molecule has 1 heterocycles. The maximum Gasteiger partial charge on any atom is 0.306 e. The van der Waals surface area contributed by atoms with Gasteiger partial charge in [0.2, 0.25) is 0 Å². The van der Waals surface area contributed by atoms with E-state index in [4.69, 9.17) is 4.74 Å². The lowest BCUT2D eigenvalue weighted by Crippen LogP contribution is -2.27. The number of esters is 1. The first-order valence-corrected chi connectivity index (χ1v) is 6.06. The molecule has 0 unspecified atom stereocenters. The SMILES string of the molecule is O=C1CCCC[C@H](C2CCCCC2)O1. The molecule has 2 heteroatoms. The maximum atomic E-state index is 11.3. The van der Waals surface area contributed by atoms with E-state index < -0.39 is 0 Å². The van der Waals surface area contributed by atoms with Crippen molar-refractivity contribution in [3.05, 3.63) is 0 Å². The number of hydrogen-bond donors (Lipinski definition) is 0. The quantitative estimate of drug-likeness (QED) is 0.602. The average molecular weight is 196 g/mol. The van der Waals surface area contributed by atoms with Crippen molar-refractivity contribution in [1.82, 2.24) is 0 Å². The summed E-state index contributed by atoms with van der Waals surface area (Å²) < 4.78 is 5.51. The van der Waals surface area contributed by atoms with Crippen molar-refractivity contribution in [2.24, 2.45) is 5.92 Å². The maximum absolute atomic E-state index is 11.3. The lowest BCUT2D eigenvalue weighted by molar-refractivity contribution is -0.151. The van der Waals surface area contributed by atoms with Crippen LogP contribution in [0.4, 0.5) is 0 Å². The van der Waals surface area contributed by atoms with Gasteiger partial charge in [0.1, 0.15) is 6.10 Å². The van der Waals surface area contributed by atoms with Gasteiger partial charge in [-0.05, 0) is 38.0 Å². The second-order valence-corrected chi connectivity index (χ2v) is 4.67. The van der Waals surface area contributed by atoms with Gasteiger partial charge in [-0.1, -0.05) is 19.3 Å². The van der Waals surface area contributed by atoms with Crippen LogP contribution in [0, 0.1) is 5.92 Å². The minimum absolute atomic E-state index is 0.0399. The summed E-state index contributed by atoms with van der Waals surface area (Å²) in [5.41, 5.74) is 0. The van der Waals surface area contributed by atoms with E-state index in [9.17, 15) is 4.79 Å². The molecule has 0 amide bonds. The van der Waals surface area contributed by atoms with Gasteiger partial charge in [-0.3, -0.25) is 4.79 Å². The van der Waals surface area contributed by atoms with Crippen LogP contribution in [0.1, 0.15) is 57.8 Å². The topological polar surface area (TPSA) is 26.3 Å². The van der Waals surface area contributed by atoms with Crippen molar-refractivity contribution in [2.45, 2.75) is 63.9 Å². The second kappa shape index (κ2) is 4.81. The first-order valence-electron chi connectivity index (χ1n) is 6.06. The molecule has 1 saturated carbocycles. The molecule has 0 spiro atoms. The molecule has 80 valence electrons. The van der Waals surface area contributed by atoms with Crippen molar-refractivity contribution >= 4 is 5.97 Å². The Balaban J connectivity index is 1.90. The van der Waals surface area contributed by atoms with Crippen molar-refractivity contribution in [1.29, 1.82) is 0 Å². The summed E-state index contributed by atoms with van der Waals surface area (Å²) in [6, 6.07) is 0. The van der Waals surface area contributed by atoms with Crippen molar-refractivity contribution in [3.8, 4) is 0 Å². The number of ether oxygens (including phenoxy) is 1. The molecular formula is C12H20O2. The minimum Gasteiger partial charge on any atom is -0.462 e. The van der Waals surface area contributed by atoms with E-state index in [-0.39, 0.29) is 12.1 Å². The van der Waals surface area contributed by atoms with E-state index in [1.54, 1.807) is 0 Å². The van der Waals surface area contributed by atoms with Gasteiger partial charge in [0.15, 0.2) is 0 Å². The lowest BCUT2D eigenvalue weighted by atomic mass is 9.83. The first kappa shape index (κ1) is 10.0. The Morgan fingerprint density at radius 3 is 2.43 bits per heavy atom. The minimum atomic E-state index is 0.0399. The van der Waals surface area contributed by atoms with Crippen LogP contribution in [0.5, 0.6) is 0 Å². The first-order chi connectivity index (χ1) is 6.86. The van der Waals surface area contributed by atoms with Crippen LogP contribution in [-0.2, 0) is 9.53 Å². The normalized spacial score (nSPS) is 30.9. The summed E-state index contributed by atoms with van der Waals surface area (Å²) in [5, 5.41) is 0. The highest BCUT2D eigenvalue weighted by molar-refractivity contribution is 5.69. The summed E-state index contributed by atoms with van der Waals surface area (Å²) in [5.74, 6) is 0.712. The summed E-state index contributed by atoms with van der Waals surface area (Å²) in [7, 11) is 0. The zero-order valence-electron chi connectivity index (χ0n) is 8.84. The van der Waals surface area contributed by atoms with Gasteiger partial charge in [0, 0.05) is 6.42 Å². The summed E-state index contributed by atoms with van der Waals surface area (Å²) in [4.78, 5) is 11.3. The fraction of sp³-hybridized carbons (Fsp3) is 0.917. The largest absolute Gasteiger partial charge is 0.462 e. The number of cyclic esters (lactones) is 1. The van der Waals surface area contributed by atoms with Gasteiger partial charge < -0.3 is 4.74 Å². The zero-order valence-corrected chi connectivity index (χ0v) is 8.84. The van der Waals surface area contributed by atoms with Gasteiger partial charge in [-0.2, -0.15) is 0 Å². The highest BCUT2D eigenvalue weighted by atomic mass is 16.5. The molecule has 1 aliphatic heterocycles. The Labute approximate surface area is 86.0 Å². The molecule has 2 fully saturated rings. The molecule has 1 saturated heterocycles. The van der Waals surface area contributed by atoms with Crippen molar-refractivity contribution in [2.75, 3.05) is 0 Å². The van der Waals surface area contributed by atoms with Gasteiger partial charge in [-0.15, -0.1) is 0 Å². The molecule has 2 rings (SSSR count). The standard InChI is InChI=1S/C12H20O2/c13-12-9-5-4-8-11(14-12)10-6-2-1-3-7-10/h10-11H,1-9H2/t11-/m1/s1. The van der Waals surface area contributed by atoms with Gasteiger partial charge in [0.05, 0.1) is 0 Å². The third-order valence-electron chi connectivity index (χ3n) is 3.58. The van der Waals surface area contributed by atoms with Crippen LogP contribution in [0.2, 0.25) is 0 Å². The second-order valence-electron chi connectivity index (χ2n) is 4.67. The van der Waals surface area contributed by atoms with Crippen LogP contribution in [0.25, 0.3) is 0 Å². The van der Waals surface area contributed by atoms with E-state index >= 15 is 0 Å². The van der Waals surface area contributed by atoms with Gasteiger partial charge in [-0.25, -0.2) is 0 Å². The predicted molar refractivity (Wildman–Crippen MR) is 54.9 cm³/mol. The smallest absolute Gasteiger partial charge is 0.306 e. The predicted octanol–water partition coefficient (Wildman–Crippen LogP) is 3.05. The number of hydrogen-bond acceptors (Lipinski definition) is 2. The molecule has 14 heavy (non-hydrogen) atoms. The molecule has 0 N–H and O–H groups in total. The van der Waals surface area contributed by atoms with Crippen LogP contribution < -0.4 is 0 Å². The Hall–Kier alpha value is -0.530. The monoisotopic (exact) mass is 196 g/mol. The van der Waals surface area contributed by atoms with Crippen LogP contribution in [-0.4, -0.2) is 12.1 Å². The van der Waals surface area contributed by atoms with Crippen LogP contribution >= 0.6 is 0 Å². The summed E-state index contributed by atoms with van der Waals surface area (Å²) >= 11 is 0. The third-order valence-corrected chi connectivity index (χ3v) is 3.58. The Morgan fingerprint density at radius 2 is 1.64 bits per heavy atom. The van der Waals surface area contributed by atoms with E-state index in [1.807, 2.05) is 0 Å². The Kier molecular flexibility index (Phi) is 3.44. The molecule has 0 bridgehead atoms. The van der Waals surface area contributed by atoms with E-state index in [0.29, 0.717) is 12.3 Å². The third kappa shape index (κ3) is 2.49. The van der Waals surface area contributed by atoms with Crippen LogP contribution in [0.3, 0.4) is 0 Å². The average Bonchev–Trinajstić information content (AvgIpc) is 2.44. The Bertz CT molecular complexity index is 194. The Morgan fingerprint density at radius 1 is 0.929 bits per heavy atom. The molecule has 1 atom stereocenters. The number of carbonyl (C=O) groups excluding carboxylic acids is 1. The molecule has 0 aromatic heterocycles. The molecular weight excluding hydrogens is 176 g/mol. The highest BCUT2D eigenvalue weighted by Gasteiger charge is 2.27. The van der Waals surface area contributed by atoms with Crippen LogP contribution in [0.15, 0.2) is 0 Å². The van der Waals surface area contributed by atoms with Crippen molar-refractivity contribution < 1.29 is 9.53 Å². The molecule has 0 radical (unpaired) electrons. The summed E-state index contributed by atoms with van der Waals surface area (Å²) in [6.07, 6.45) is 10.8. The lowest BCUT2D eigenvalue weighted by Gasteiger charge is -2.28. The van der Waals surface area contributed by atoms with E-state index in [2.05, 4.69) is 0 Å². The summed E-state index contributed by atoms with van der Waals surface area (Å²) in [6.45, 7) is 0. The fourth-order valence-electron chi connectivity index (χ4n) is 2.74. The van der Waals surface area contributed by atoms with E-state index in [0.717, 1.165) is 12.8 Å². The van der Waals surface area contributed by atoms with Gasteiger partial charge in [0.25, 0.3) is 0 Å². The fourth-order valence-corrected chi connectivity index (χ4v) is 2.74. The molecule has 1 aliphatic carbocycles. The number of rotatable bonds is 1. The molecule has 2 aliphatic rings. The molecule has 0 aromatic carbocycles. The zero-order chi connectivity index (χ0) is 9.80.